The van der Waals surface area contributed by atoms with E-state index in [2.05, 4.69) is 20.5 Å². The van der Waals surface area contributed by atoms with Crippen LogP contribution in [0.1, 0.15) is 17.0 Å². The second-order valence-electron chi connectivity index (χ2n) is 3.90. The molecule has 0 spiro atoms. The van der Waals surface area contributed by atoms with E-state index >= 15 is 0 Å². The van der Waals surface area contributed by atoms with Crippen LogP contribution >= 0.6 is 11.6 Å². The van der Waals surface area contributed by atoms with E-state index in [4.69, 9.17) is 11.6 Å². The second kappa shape index (κ2) is 5.60. The molecule has 4 nitrogen and oxygen atoms in total. The van der Waals surface area contributed by atoms with E-state index in [1.54, 1.807) is 6.21 Å². The summed E-state index contributed by atoms with van der Waals surface area (Å²) >= 11 is 5.80. The van der Waals surface area contributed by atoms with E-state index in [0.717, 1.165) is 17.0 Å². The predicted octanol–water partition coefficient (Wildman–Crippen LogP) is 3.19. The maximum Gasteiger partial charge on any atom is 0.243 e. The Hall–Kier alpha value is -1.94. The van der Waals surface area contributed by atoms with Gasteiger partial charge in [0.2, 0.25) is 5.95 Å². The minimum absolute atomic E-state index is 0.498. The van der Waals surface area contributed by atoms with Gasteiger partial charge in [0.05, 0.1) is 6.21 Å². The third kappa shape index (κ3) is 3.53. The molecule has 1 heterocycles. The summed E-state index contributed by atoms with van der Waals surface area (Å²) in [6.45, 7) is 3.84. The molecule has 0 unspecified atom stereocenters. The van der Waals surface area contributed by atoms with Crippen LogP contribution in [0.5, 0.6) is 0 Å². The van der Waals surface area contributed by atoms with Gasteiger partial charge in [-0.2, -0.15) is 5.10 Å². The van der Waals surface area contributed by atoms with E-state index in [-0.39, 0.29) is 0 Å². The number of benzene rings is 1. The van der Waals surface area contributed by atoms with Crippen molar-refractivity contribution in [1.82, 2.24) is 9.97 Å². The minimum atomic E-state index is 0.498. The van der Waals surface area contributed by atoms with Gasteiger partial charge in [-0.3, -0.25) is 0 Å². The van der Waals surface area contributed by atoms with E-state index < -0.39 is 0 Å². The molecule has 92 valence electrons. The zero-order valence-corrected chi connectivity index (χ0v) is 10.9. The summed E-state index contributed by atoms with van der Waals surface area (Å²) < 4.78 is 0. The fourth-order valence-electron chi connectivity index (χ4n) is 1.49. The van der Waals surface area contributed by atoms with Gasteiger partial charge < -0.3 is 0 Å². The summed E-state index contributed by atoms with van der Waals surface area (Å²) in [5.41, 5.74) is 5.58. The number of rotatable bonds is 3. The van der Waals surface area contributed by atoms with Crippen LogP contribution in [0, 0.1) is 13.8 Å². The Morgan fingerprint density at radius 2 is 1.72 bits per heavy atom. The van der Waals surface area contributed by atoms with Crippen molar-refractivity contribution in [3.8, 4) is 0 Å². The van der Waals surface area contributed by atoms with Gasteiger partial charge in [-0.05, 0) is 37.6 Å². The summed E-state index contributed by atoms with van der Waals surface area (Å²) in [5, 5.41) is 4.79. The molecular formula is C13H13ClN4. The highest BCUT2D eigenvalue weighted by atomic mass is 35.5. The van der Waals surface area contributed by atoms with Crippen LogP contribution in [0.2, 0.25) is 5.02 Å². The Kier molecular flexibility index (Phi) is 3.89. The Morgan fingerprint density at radius 1 is 1.11 bits per heavy atom. The van der Waals surface area contributed by atoms with Gasteiger partial charge in [0.1, 0.15) is 0 Å². The largest absolute Gasteiger partial charge is 0.245 e. The molecule has 1 aromatic heterocycles. The lowest BCUT2D eigenvalue weighted by Gasteiger charge is -2.01. The maximum absolute atomic E-state index is 5.80. The molecule has 2 rings (SSSR count). The van der Waals surface area contributed by atoms with E-state index in [1.165, 1.54) is 0 Å². The summed E-state index contributed by atoms with van der Waals surface area (Å²) in [4.78, 5) is 8.44. The fourth-order valence-corrected chi connectivity index (χ4v) is 1.62. The predicted molar refractivity (Wildman–Crippen MR) is 74.2 cm³/mol. The molecule has 5 heteroatoms. The summed E-state index contributed by atoms with van der Waals surface area (Å²) in [5.74, 6) is 0.498. The normalized spacial score (nSPS) is 10.8. The number of hydrazone groups is 1. The molecular weight excluding hydrogens is 248 g/mol. The van der Waals surface area contributed by atoms with Gasteiger partial charge >= 0.3 is 0 Å². The zero-order valence-electron chi connectivity index (χ0n) is 10.2. The van der Waals surface area contributed by atoms with Crippen LogP contribution in [0.25, 0.3) is 0 Å². The highest BCUT2D eigenvalue weighted by Crippen LogP contribution is 2.08. The Labute approximate surface area is 111 Å². The van der Waals surface area contributed by atoms with Crippen molar-refractivity contribution in [3.63, 3.8) is 0 Å². The molecule has 0 amide bonds. The number of aromatic nitrogens is 2. The van der Waals surface area contributed by atoms with Crippen molar-refractivity contribution >= 4 is 23.8 Å². The van der Waals surface area contributed by atoms with Crippen LogP contribution in [-0.4, -0.2) is 16.2 Å². The monoisotopic (exact) mass is 260 g/mol. The molecule has 0 bridgehead atoms. The van der Waals surface area contributed by atoms with Gasteiger partial charge in [0.15, 0.2) is 0 Å². The average Bonchev–Trinajstić information content (AvgIpc) is 2.30. The van der Waals surface area contributed by atoms with Crippen LogP contribution in [0.3, 0.4) is 0 Å². The topological polar surface area (TPSA) is 50.2 Å². The number of aryl methyl sites for hydroxylation is 2. The van der Waals surface area contributed by atoms with E-state index in [9.17, 15) is 0 Å². The SMILES string of the molecule is Cc1cc(C)nc(N/N=C\c2ccc(Cl)cc2)n1. The summed E-state index contributed by atoms with van der Waals surface area (Å²) in [6.07, 6.45) is 1.69. The molecule has 1 N–H and O–H groups in total. The quantitative estimate of drug-likeness (QED) is 0.681. The first-order chi connectivity index (χ1) is 8.63. The number of hydrogen-bond donors (Lipinski definition) is 1. The summed E-state index contributed by atoms with van der Waals surface area (Å²) in [7, 11) is 0. The lowest BCUT2D eigenvalue weighted by Crippen LogP contribution is -1.99. The number of nitrogens with one attached hydrogen (secondary N) is 1. The van der Waals surface area contributed by atoms with Crippen molar-refractivity contribution < 1.29 is 0 Å². The highest BCUT2D eigenvalue weighted by molar-refractivity contribution is 6.30. The smallest absolute Gasteiger partial charge is 0.243 e. The van der Waals surface area contributed by atoms with Gasteiger partial charge in [0, 0.05) is 16.4 Å². The Balaban J connectivity index is 2.04. The van der Waals surface area contributed by atoms with Crippen LogP contribution in [-0.2, 0) is 0 Å². The lowest BCUT2D eigenvalue weighted by atomic mass is 10.2. The summed E-state index contributed by atoms with van der Waals surface area (Å²) in [6, 6.07) is 9.31. The van der Waals surface area contributed by atoms with Crippen molar-refractivity contribution in [2.45, 2.75) is 13.8 Å². The van der Waals surface area contributed by atoms with Crippen molar-refractivity contribution in [2.24, 2.45) is 5.10 Å². The van der Waals surface area contributed by atoms with E-state index in [0.29, 0.717) is 11.0 Å². The number of hydrogen-bond acceptors (Lipinski definition) is 4. The van der Waals surface area contributed by atoms with Crippen molar-refractivity contribution in [3.05, 3.63) is 52.3 Å². The molecule has 0 saturated carbocycles. The third-order valence-electron chi connectivity index (χ3n) is 2.23. The molecule has 0 aliphatic heterocycles. The molecule has 0 atom stereocenters. The first-order valence-electron chi connectivity index (χ1n) is 5.50. The zero-order chi connectivity index (χ0) is 13.0. The number of halogens is 1. The Bertz CT molecular complexity index is 543. The molecule has 0 saturated heterocycles. The molecule has 0 radical (unpaired) electrons. The van der Waals surface area contributed by atoms with Gasteiger partial charge in [-0.15, -0.1) is 0 Å². The fraction of sp³-hybridized carbons (Fsp3) is 0.154. The van der Waals surface area contributed by atoms with Crippen LogP contribution in [0.4, 0.5) is 5.95 Å². The molecule has 2 aromatic rings. The second-order valence-corrected chi connectivity index (χ2v) is 4.33. The van der Waals surface area contributed by atoms with Gasteiger partial charge in [0.25, 0.3) is 0 Å². The number of nitrogens with zero attached hydrogens (tertiary/aromatic N) is 3. The maximum atomic E-state index is 5.80. The van der Waals surface area contributed by atoms with Crippen molar-refractivity contribution in [2.75, 3.05) is 5.43 Å². The highest BCUT2D eigenvalue weighted by Gasteiger charge is 1.96. The average molecular weight is 261 g/mol. The third-order valence-corrected chi connectivity index (χ3v) is 2.48. The molecule has 18 heavy (non-hydrogen) atoms. The molecule has 1 aromatic carbocycles. The first kappa shape index (κ1) is 12.5. The molecule has 0 fully saturated rings. The lowest BCUT2D eigenvalue weighted by molar-refractivity contribution is 1.04. The number of anilines is 1. The van der Waals surface area contributed by atoms with Crippen LogP contribution in [0.15, 0.2) is 35.4 Å². The standard InChI is InChI=1S/C13H13ClN4/c1-9-7-10(2)17-13(16-9)18-15-8-11-3-5-12(14)6-4-11/h3-8H,1-2H3,(H,16,17,18)/b15-8-. The molecule has 0 aliphatic rings. The van der Waals surface area contributed by atoms with Crippen molar-refractivity contribution in [1.29, 1.82) is 0 Å². The first-order valence-corrected chi connectivity index (χ1v) is 5.88. The Morgan fingerprint density at radius 3 is 2.33 bits per heavy atom. The minimum Gasteiger partial charge on any atom is -0.245 e. The van der Waals surface area contributed by atoms with E-state index in [1.807, 2.05) is 44.2 Å². The van der Waals surface area contributed by atoms with Gasteiger partial charge in [-0.25, -0.2) is 15.4 Å². The van der Waals surface area contributed by atoms with Gasteiger partial charge in [-0.1, -0.05) is 23.7 Å². The van der Waals surface area contributed by atoms with Crippen LogP contribution < -0.4 is 5.43 Å². The molecule has 0 aliphatic carbocycles.